The van der Waals surface area contributed by atoms with E-state index in [2.05, 4.69) is 10.0 Å². The highest BCUT2D eigenvalue weighted by atomic mass is 32.2. The highest BCUT2D eigenvalue weighted by molar-refractivity contribution is 7.92. The van der Waals surface area contributed by atoms with Crippen molar-refractivity contribution in [1.82, 2.24) is 5.32 Å². The predicted octanol–water partition coefficient (Wildman–Crippen LogP) is 3.23. The van der Waals surface area contributed by atoms with E-state index in [0.29, 0.717) is 24.5 Å². The highest BCUT2D eigenvalue weighted by Gasteiger charge is 2.18. The van der Waals surface area contributed by atoms with Crippen molar-refractivity contribution in [3.63, 3.8) is 0 Å². The maximum Gasteiger partial charge on any atom is 0.229 e. The molecule has 33 heavy (non-hydrogen) atoms. The number of benzene rings is 3. The smallest absolute Gasteiger partial charge is 0.229 e. The monoisotopic (exact) mass is 472 g/mol. The first-order valence-electron chi connectivity index (χ1n) is 10.4. The van der Waals surface area contributed by atoms with E-state index in [0.717, 1.165) is 17.4 Å². The van der Waals surface area contributed by atoms with Crippen molar-refractivity contribution < 1.29 is 28.5 Å². The molecule has 0 fully saturated rings. The summed E-state index contributed by atoms with van der Waals surface area (Å²) in [6.07, 6.45) is 0.0657. The Morgan fingerprint density at radius 3 is 2.15 bits per heavy atom. The van der Waals surface area contributed by atoms with Gasteiger partial charge in [-0.3, -0.25) is 4.72 Å². The van der Waals surface area contributed by atoms with E-state index in [1.807, 2.05) is 36.4 Å². The standard InChI is InChI=1S/C24H28N2O6S/c1-16(24(29)19-7-12-23(28)22(15-19)26-33(2,30)31)25-13-14-32-21-10-5-18(6-11-21)17-3-8-20(27)9-4-17/h3-12,15-16,24-29H,13-14H2,1-2H3. The van der Waals surface area contributed by atoms with Gasteiger partial charge in [-0.05, 0) is 60.0 Å². The van der Waals surface area contributed by atoms with Crippen LogP contribution in [0.15, 0.2) is 66.7 Å². The molecular formula is C24H28N2O6S. The SMILES string of the molecule is CC(NCCOc1ccc(-c2ccc(O)cc2)cc1)C(O)c1ccc(O)c(NS(C)(=O)=O)c1. The fraction of sp³-hybridized carbons (Fsp3) is 0.250. The molecule has 5 N–H and O–H groups in total. The first-order valence-corrected chi connectivity index (χ1v) is 12.3. The number of ether oxygens (including phenoxy) is 1. The average molecular weight is 473 g/mol. The third-order valence-electron chi connectivity index (χ3n) is 5.02. The Morgan fingerprint density at radius 2 is 1.55 bits per heavy atom. The summed E-state index contributed by atoms with van der Waals surface area (Å²) in [7, 11) is -3.56. The molecule has 0 saturated carbocycles. The van der Waals surface area contributed by atoms with Gasteiger partial charge in [0.25, 0.3) is 0 Å². The van der Waals surface area contributed by atoms with Gasteiger partial charge in [0, 0.05) is 12.6 Å². The molecule has 0 aliphatic carbocycles. The van der Waals surface area contributed by atoms with E-state index >= 15 is 0 Å². The molecule has 0 radical (unpaired) electrons. The summed E-state index contributed by atoms with van der Waals surface area (Å²) >= 11 is 0. The molecule has 2 atom stereocenters. The van der Waals surface area contributed by atoms with Crippen molar-refractivity contribution in [2.75, 3.05) is 24.1 Å². The van der Waals surface area contributed by atoms with Crippen molar-refractivity contribution in [3.05, 3.63) is 72.3 Å². The van der Waals surface area contributed by atoms with Crippen LogP contribution in [-0.4, -0.2) is 49.2 Å². The topological polar surface area (TPSA) is 128 Å². The van der Waals surface area contributed by atoms with Gasteiger partial charge in [-0.1, -0.05) is 30.3 Å². The molecule has 9 heteroatoms. The van der Waals surface area contributed by atoms with Crippen molar-refractivity contribution in [1.29, 1.82) is 0 Å². The molecule has 0 spiro atoms. The minimum atomic E-state index is -3.56. The fourth-order valence-corrected chi connectivity index (χ4v) is 3.84. The van der Waals surface area contributed by atoms with Gasteiger partial charge in [-0.25, -0.2) is 8.42 Å². The molecule has 0 aromatic heterocycles. The number of rotatable bonds is 10. The Kier molecular flexibility index (Phi) is 7.80. The van der Waals surface area contributed by atoms with Gasteiger partial charge in [0.2, 0.25) is 10.0 Å². The Hall–Kier alpha value is -3.27. The third kappa shape index (κ3) is 7.11. The van der Waals surface area contributed by atoms with Crippen LogP contribution in [-0.2, 0) is 10.0 Å². The number of nitrogens with one attached hydrogen (secondary N) is 2. The van der Waals surface area contributed by atoms with Gasteiger partial charge in [0.15, 0.2) is 0 Å². The average Bonchev–Trinajstić information content (AvgIpc) is 2.77. The summed E-state index contributed by atoms with van der Waals surface area (Å²) in [4.78, 5) is 0. The first-order chi connectivity index (χ1) is 15.6. The number of aliphatic hydroxyl groups excluding tert-OH is 1. The predicted molar refractivity (Wildman–Crippen MR) is 128 cm³/mol. The molecule has 3 aromatic rings. The Morgan fingerprint density at radius 1 is 0.939 bits per heavy atom. The zero-order valence-electron chi connectivity index (χ0n) is 18.4. The molecule has 3 aromatic carbocycles. The maximum absolute atomic E-state index is 11.4. The second-order valence-corrected chi connectivity index (χ2v) is 9.51. The van der Waals surface area contributed by atoms with E-state index in [1.165, 1.54) is 18.2 Å². The lowest BCUT2D eigenvalue weighted by Gasteiger charge is -2.21. The van der Waals surface area contributed by atoms with Crippen molar-refractivity contribution in [2.45, 2.75) is 19.1 Å². The van der Waals surface area contributed by atoms with Crippen LogP contribution in [0.3, 0.4) is 0 Å². The van der Waals surface area contributed by atoms with E-state index in [-0.39, 0.29) is 23.2 Å². The van der Waals surface area contributed by atoms with Crippen molar-refractivity contribution in [3.8, 4) is 28.4 Å². The maximum atomic E-state index is 11.4. The molecule has 8 nitrogen and oxygen atoms in total. The number of aliphatic hydroxyl groups is 1. The number of sulfonamides is 1. The van der Waals surface area contributed by atoms with E-state index < -0.39 is 16.1 Å². The Balaban J connectivity index is 1.49. The zero-order chi connectivity index (χ0) is 24.0. The lowest BCUT2D eigenvalue weighted by Crippen LogP contribution is -2.35. The molecule has 0 saturated heterocycles. The minimum Gasteiger partial charge on any atom is -0.508 e. The molecule has 0 aliphatic heterocycles. The number of anilines is 1. The van der Waals surface area contributed by atoms with E-state index in [1.54, 1.807) is 19.1 Å². The fourth-order valence-electron chi connectivity index (χ4n) is 3.27. The molecule has 0 amide bonds. The van der Waals surface area contributed by atoms with Gasteiger partial charge in [0.05, 0.1) is 18.0 Å². The van der Waals surface area contributed by atoms with Crippen LogP contribution >= 0.6 is 0 Å². The van der Waals surface area contributed by atoms with Crippen LogP contribution in [0.4, 0.5) is 5.69 Å². The van der Waals surface area contributed by atoms with Crippen LogP contribution < -0.4 is 14.8 Å². The molecule has 0 aliphatic rings. The van der Waals surface area contributed by atoms with Crippen LogP contribution in [0.1, 0.15) is 18.6 Å². The number of phenolic OH excluding ortho intramolecular Hbond substituents is 2. The van der Waals surface area contributed by atoms with Crippen LogP contribution in [0, 0.1) is 0 Å². The number of phenols is 2. The molecule has 176 valence electrons. The van der Waals surface area contributed by atoms with Crippen LogP contribution in [0.2, 0.25) is 0 Å². The van der Waals surface area contributed by atoms with Gasteiger partial charge in [-0.15, -0.1) is 0 Å². The quantitative estimate of drug-likeness (QED) is 0.226. The first kappa shape index (κ1) is 24.4. The minimum absolute atomic E-state index is 0.0142. The molecule has 2 unspecified atom stereocenters. The van der Waals surface area contributed by atoms with Gasteiger partial charge >= 0.3 is 0 Å². The number of aromatic hydroxyl groups is 2. The molecule has 0 bridgehead atoms. The lowest BCUT2D eigenvalue weighted by atomic mass is 10.0. The van der Waals surface area contributed by atoms with E-state index in [9.17, 15) is 23.7 Å². The van der Waals surface area contributed by atoms with Crippen molar-refractivity contribution >= 4 is 15.7 Å². The van der Waals surface area contributed by atoms with Gasteiger partial charge in [0.1, 0.15) is 23.9 Å². The molecular weight excluding hydrogens is 444 g/mol. The Labute approximate surface area is 193 Å². The summed E-state index contributed by atoms with van der Waals surface area (Å²) in [5.41, 5.74) is 2.48. The largest absolute Gasteiger partial charge is 0.508 e. The molecule has 3 rings (SSSR count). The number of hydrogen-bond acceptors (Lipinski definition) is 7. The van der Waals surface area contributed by atoms with Gasteiger partial charge in [-0.2, -0.15) is 0 Å². The summed E-state index contributed by atoms with van der Waals surface area (Å²) in [6.45, 7) is 2.66. The zero-order valence-corrected chi connectivity index (χ0v) is 19.2. The van der Waals surface area contributed by atoms with E-state index in [4.69, 9.17) is 4.74 Å². The summed E-state index contributed by atoms with van der Waals surface area (Å²) < 4.78 is 30.9. The normalized spacial score (nSPS) is 13.3. The summed E-state index contributed by atoms with van der Waals surface area (Å²) in [5.74, 6) is 0.714. The number of hydrogen-bond donors (Lipinski definition) is 5. The van der Waals surface area contributed by atoms with Crippen LogP contribution in [0.5, 0.6) is 17.2 Å². The second kappa shape index (κ2) is 10.6. The van der Waals surface area contributed by atoms with Crippen molar-refractivity contribution in [2.24, 2.45) is 0 Å². The molecule has 0 heterocycles. The highest BCUT2D eigenvalue weighted by Crippen LogP contribution is 2.29. The second-order valence-electron chi connectivity index (χ2n) is 7.76. The summed E-state index contributed by atoms with van der Waals surface area (Å²) in [5, 5.41) is 33.0. The third-order valence-corrected chi connectivity index (χ3v) is 5.61. The summed E-state index contributed by atoms with van der Waals surface area (Å²) in [6, 6.07) is 18.5. The Bertz CT molecular complexity index is 1160. The van der Waals surface area contributed by atoms with Crippen LogP contribution in [0.25, 0.3) is 11.1 Å². The van der Waals surface area contributed by atoms with Gasteiger partial charge < -0.3 is 25.4 Å². The lowest BCUT2D eigenvalue weighted by molar-refractivity contribution is 0.133.